The molecular formula is C12H15NO5. The zero-order valence-corrected chi connectivity index (χ0v) is 10.00. The van der Waals surface area contributed by atoms with Crippen molar-refractivity contribution in [2.75, 3.05) is 26.8 Å². The number of amides is 1. The van der Waals surface area contributed by atoms with Crippen molar-refractivity contribution in [3.05, 3.63) is 29.8 Å². The molecule has 0 heterocycles. The zero-order valence-electron chi connectivity index (χ0n) is 10.00. The van der Waals surface area contributed by atoms with Crippen LogP contribution in [0, 0.1) is 0 Å². The quantitative estimate of drug-likeness (QED) is 0.721. The number of benzene rings is 1. The number of carbonyl (C=O) groups excluding carboxylic acids is 2. The fourth-order valence-electron chi connectivity index (χ4n) is 1.24. The Morgan fingerprint density at radius 1 is 1.33 bits per heavy atom. The number of esters is 1. The molecule has 0 saturated carbocycles. The topological polar surface area (TPSA) is 87.1 Å². The van der Waals surface area contributed by atoms with Gasteiger partial charge in [0.05, 0.1) is 6.61 Å². The van der Waals surface area contributed by atoms with Crippen molar-refractivity contribution in [3.63, 3.8) is 0 Å². The van der Waals surface area contributed by atoms with Gasteiger partial charge in [0.1, 0.15) is 11.3 Å². The maximum atomic E-state index is 11.5. The molecule has 0 aliphatic rings. The van der Waals surface area contributed by atoms with Crippen LogP contribution in [-0.2, 0) is 9.53 Å². The van der Waals surface area contributed by atoms with Gasteiger partial charge >= 0.3 is 5.97 Å². The number of hydrogen-bond donors (Lipinski definition) is 2. The number of aromatic hydroxyl groups is 1. The minimum atomic E-state index is -0.765. The van der Waals surface area contributed by atoms with Crippen molar-refractivity contribution >= 4 is 11.9 Å². The van der Waals surface area contributed by atoms with Crippen LogP contribution in [0.25, 0.3) is 0 Å². The monoisotopic (exact) mass is 253 g/mol. The Balaban J connectivity index is 2.52. The third-order valence-electron chi connectivity index (χ3n) is 2.31. The normalized spacial score (nSPS) is 9.89. The summed E-state index contributed by atoms with van der Waals surface area (Å²) in [6, 6.07) is 5.91. The van der Waals surface area contributed by atoms with E-state index in [0.29, 0.717) is 0 Å². The van der Waals surface area contributed by atoms with Crippen LogP contribution >= 0.6 is 0 Å². The molecule has 0 aliphatic heterocycles. The second kappa shape index (κ2) is 6.61. The molecule has 0 unspecified atom stereocenters. The van der Waals surface area contributed by atoms with Crippen molar-refractivity contribution in [1.82, 2.24) is 4.90 Å². The number of likely N-dealkylation sites (N-methyl/N-ethyl adjacent to an activating group) is 1. The molecule has 6 nitrogen and oxygen atoms in total. The molecule has 98 valence electrons. The van der Waals surface area contributed by atoms with Gasteiger partial charge in [-0.3, -0.25) is 4.79 Å². The summed E-state index contributed by atoms with van der Waals surface area (Å²) in [5.41, 5.74) is 0.00936. The molecule has 2 N–H and O–H groups in total. The van der Waals surface area contributed by atoms with Gasteiger partial charge in [0.2, 0.25) is 0 Å². The van der Waals surface area contributed by atoms with Crippen LogP contribution in [0.15, 0.2) is 24.3 Å². The minimum absolute atomic E-state index is 0.00936. The first kappa shape index (κ1) is 14.0. The zero-order chi connectivity index (χ0) is 13.5. The molecule has 6 heteroatoms. The van der Waals surface area contributed by atoms with Crippen LogP contribution in [0.3, 0.4) is 0 Å². The Kier molecular flexibility index (Phi) is 5.13. The number of phenolic OH excluding ortho intramolecular Hbond substituents is 1. The highest BCUT2D eigenvalue weighted by Gasteiger charge is 2.15. The average molecular weight is 253 g/mol. The van der Waals surface area contributed by atoms with Gasteiger partial charge in [-0.05, 0) is 12.1 Å². The predicted molar refractivity (Wildman–Crippen MR) is 63.1 cm³/mol. The summed E-state index contributed by atoms with van der Waals surface area (Å²) in [6.07, 6.45) is 0. The Morgan fingerprint density at radius 3 is 2.61 bits per heavy atom. The fourth-order valence-corrected chi connectivity index (χ4v) is 1.24. The lowest BCUT2D eigenvalue weighted by Gasteiger charge is -2.15. The Labute approximate surface area is 104 Å². The molecule has 1 amide bonds. The van der Waals surface area contributed by atoms with E-state index >= 15 is 0 Å². The Morgan fingerprint density at radius 2 is 2.00 bits per heavy atom. The number of ether oxygens (including phenoxy) is 1. The lowest BCUT2D eigenvalue weighted by atomic mass is 10.2. The third-order valence-corrected chi connectivity index (χ3v) is 2.31. The average Bonchev–Trinajstić information content (AvgIpc) is 2.36. The van der Waals surface area contributed by atoms with Crippen LogP contribution in [0.5, 0.6) is 5.75 Å². The van der Waals surface area contributed by atoms with Crippen molar-refractivity contribution < 1.29 is 24.5 Å². The standard InChI is InChI=1S/C12H15NO5/c1-13(6-7-14)11(16)8-18-12(17)9-4-2-3-5-10(9)15/h2-5,14-15H,6-8H2,1H3. The van der Waals surface area contributed by atoms with Crippen LogP contribution in [0.4, 0.5) is 0 Å². The van der Waals surface area contributed by atoms with E-state index in [2.05, 4.69) is 0 Å². The van der Waals surface area contributed by atoms with Gasteiger partial charge in [0.25, 0.3) is 5.91 Å². The lowest BCUT2D eigenvalue weighted by Crippen LogP contribution is -2.33. The highest BCUT2D eigenvalue weighted by atomic mass is 16.5. The highest BCUT2D eigenvalue weighted by Crippen LogP contribution is 2.16. The van der Waals surface area contributed by atoms with Crippen molar-refractivity contribution in [2.24, 2.45) is 0 Å². The molecule has 0 bridgehead atoms. The van der Waals surface area contributed by atoms with E-state index in [4.69, 9.17) is 9.84 Å². The molecule has 0 aromatic heterocycles. The van der Waals surface area contributed by atoms with Gasteiger partial charge in [0.15, 0.2) is 6.61 Å². The van der Waals surface area contributed by atoms with E-state index < -0.39 is 18.5 Å². The SMILES string of the molecule is CN(CCO)C(=O)COC(=O)c1ccccc1O. The molecule has 0 atom stereocenters. The first-order valence-corrected chi connectivity index (χ1v) is 5.36. The third kappa shape index (κ3) is 3.74. The molecule has 0 aliphatic carbocycles. The molecule has 0 saturated heterocycles. The summed E-state index contributed by atoms with van der Waals surface area (Å²) in [5.74, 6) is -1.38. The van der Waals surface area contributed by atoms with Crippen LogP contribution in [-0.4, -0.2) is 53.8 Å². The van der Waals surface area contributed by atoms with E-state index in [1.54, 1.807) is 12.1 Å². The first-order chi connectivity index (χ1) is 8.56. The molecule has 0 fully saturated rings. The maximum Gasteiger partial charge on any atom is 0.342 e. The number of hydrogen-bond acceptors (Lipinski definition) is 5. The molecule has 1 rings (SSSR count). The smallest absolute Gasteiger partial charge is 0.342 e. The van der Waals surface area contributed by atoms with E-state index in [-0.39, 0.29) is 24.5 Å². The molecule has 1 aromatic carbocycles. The maximum absolute atomic E-state index is 11.5. The number of carbonyl (C=O) groups is 2. The molecular weight excluding hydrogens is 238 g/mol. The second-order valence-electron chi connectivity index (χ2n) is 3.63. The van der Waals surface area contributed by atoms with Gasteiger partial charge < -0.3 is 19.8 Å². The minimum Gasteiger partial charge on any atom is -0.507 e. The predicted octanol–water partition coefficient (Wildman–Crippen LogP) is -0.000300. The lowest BCUT2D eigenvalue weighted by molar-refractivity contribution is -0.133. The van der Waals surface area contributed by atoms with Crippen molar-refractivity contribution in [3.8, 4) is 5.75 Å². The first-order valence-electron chi connectivity index (χ1n) is 5.36. The van der Waals surface area contributed by atoms with Gasteiger partial charge in [-0.2, -0.15) is 0 Å². The van der Waals surface area contributed by atoms with E-state index in [0.717, 1.165) is 0 Å². The van der Waals surface area contributed by atoms with Crippen LogP contribution < -0.4 is 0 Å². The summed E-state index contributed by atoms with van der Waals surface area (Å²) in [4.78, 5) is 24.2. The number of rotatable bonds is 5. The van der Waals surface area contributed by atoms with Gasteiger partial charge in [0, 0.05) is 13.6 Å². The van der Waals surface area contributed by atoms with Crippen LogP contribution in [0.1, 0.15) is 10.4 Å². The molecule has 1 aromatic rings. The van der Waals surface area contributed by atoms with E-state index in [9.17, 15) is 14.7 Å². The van der Waals surface area contributed by atoms with E-state index in [1.165, 1.54) is 24.1 Å². The number of aliphatic hydroxyl groups excluding tert-OH is 1. The van der Waals surface area contributed by atoms with Crippen molar-refractivity contribution in [2.45, 2.75) is 0 Å². The van der Waals surface area contributed by atoms with Gasteiger partial charge in [-0.15, -0.1) is 0 Å². The molecule has 0 spiro atoms. The number of aliphatic hydroxyl groups is 1. The Bertz CT molecular complexity index is 432. The Hall–Kier alpha value is -2.08. The number of phenols is 1. The largest absolute Gasteiger partial charge is 0.507 e. The molecule has 0 radical (unpaired) electrons. The fraction of sp³-hybridized carbons (Fsp3) is 0.333. The summed E-state index contributed by atoms with van der Waals surface area (Å²) >= 11 is 0. The van der Waals surface area contributed by atoms with Gasteiger partial charge in [-0.1, -0.05) is 12.1 Å². The number of nitrogens with zero attached hydrogens (tertiary/aromatic N) is 1. The summed E-state index contributed by atoms with van der Waals surface area (Å²) in [6.45, 7) is -0.410. The van der Waals surface area contributed by atoms with Crippen LogP contribution in [0.2, 0.25) is 0 Å². The summed E-state index contributed by atoms with van der Waals surface area (Å²) < 4.78 is 4.77. The number of para-hydroxylation sites is 1. The highest BCUT2D eigenvalue weighted by molar-refractivity contribution is 5.93. The summed E-state index contributed by atoms with van der Waals surface area (Å²) in [5, 5.41) is 18.1. The summed E-state index contributed by atoms with van der Waals surface area (Å²) in [7, 11) is 1.49. The second-order valence-corrected chi connectivity index (χ2v) is 3.63. The van der Waals surface area contributed by atoms with E-state index in [1.807, 2.05) is 0 Å². The molecule has 18 heavy (non-hydrogen) atoms. The van der Waals surface area contributed by atoms with Gasteiger partial charge in [-0.25, -0.2) is 4.79 Å². The van der Waals surface area contributed by atoms with Crippen molar-refractivity contribution in [1.29, 1.82) is 0 Å².